The predicted octanol–water partition coefficient (Wildman–Crippen LogP) is 2.20. The number of hydrogen-bond donors (Lipinski definition) is 1. The number of hydrogen-bond acceptors (Lipinski definition) is 4. The van der Waals surface area contributed by atoms with Gasteiger partial charge in [0.2, 0.25) is 0 Å². The van der Waals surface area contributed by atoms with Crippen molar-refractivity contribution in [3.63, 3.8) is 0 Å². The van der Waals surface area contributed by atoms with E-state index in [1.165, 1.54) is 11.0 Å². The Bertz CT molecular complexity index is 459. The Labute approximate surface area is 105 Å². The van der Waals surface area contributed by atoms with Gasteiger partial charge in [-0.2, -0.15) is 0 Å². The van der Waals surface area contributed by atoms with Gasteiger partial charge in [-0.05, 0) is 25.0 Å². The third kappa shape index (κ3) is 3.44. The van der Waals surface area contributed by atoms with E-state index in [2.05, 4.69) is 0 Å². The first-order chi connectivity index (χ1) is 8.45. The van der Waals surface area contributed by atoms with E-state index < -0.39 is 10.9 Å². The van der Waals surface area contributed by atoms with E-state index in [1.54, 1.807) is 12.1 Å². The van der Waals surface area contributed by atoms with Crippen LogP contribution in [0.1, 0.15) is 18.9 Å². The van der Waals surface area contributed by atoms with Gasteiger partial charge in [0.25, 0.3) is 5.69 Å². The summed E-state index contributed by atoms with van der Waals surface area (Å²) >= 11 is 0. The van der Waals surface area contributed by atoms with Crippen LogP contribution in [0.5, 0.6) is 0 Å². The molecule has 18 heavy (non-hydrogen) atoms. The Morgan fingerprint density at radius 3 is 2.67 bits per heavy atom. The lowest BCUT2D eigenvalue weighted by molar-refractivity contribution is -0.384. The van der Waals surface area contributed by atoms with Crippen molar-refractivity contribution in [1.82, 2.24) is 0 Å². The number of aryl methyl sites for hydroxylation is 1. The molecule has 0 aliphatic heterocycles. The van der Waals surface area contributed by atoms with Gasteiger partial charge < -0.3 is 10.0 Å². The SMILES string of the molecule is CCCN(CC(=O)O)c1cc(C)ccc1[N+](=O)[O-]. The summed E-state index contributed by atoms with van der Waals surface area (Å²) in [5.74, 6) is -1.00. The standard InChI is InChI=1S/C12H16N2O4/c1-3-6-13(8-12(15)16)11-7-9(2)4-5-10(11)14(17)18/h4-5,7H,3,6,8H2,1-2H3,(H,15,16). The summed E-state index contributed by atoms with van der Waals surface area (Å²) in [6.07, 6.45) is 0.721. The summed E-state index contributed by atoms with van der Waals surface area (Å²) in [6, 6.07) is 4.71. The van der Waals surface area contributed by atoms with Gasteiger partial charge in [-0.15, -0.1) is 0 Å². The van der Waals surface area contributed by atoms with Crippen LogP contribution in [0.2, 0.25) is 0 Å². The molecule has 1 N–H and O–H groups in total. The molecule has 6 nitrogen and oxygen atoms in total. The summed E-state index contributed by atoms with van der Waals surface area (Å²) in [4.78, 5) is 22.8. The first-order valence-electron chi connectivity index (χ1n) is 5.67. The molecule has 0 aliphatic rings. The van der Waals surface area contributed by atoms with Crippen LogP contribution in [0, 0.1) is 17.0 Å². The Hall–Kier alpha value is -2.11. The molecule has 6 heteroatoms. The van der Waals surface area contributed by atoms with Crippen molar-refractivity contribution in [3.8, 4) is 0 Å². The second-order valence-corrected chi connectivity index (χ2v) is 4.06. The Balaban J connectivity index is 3.19. The summed E-state index contributed by atoms with van der Waals surface area (Å²) < 4.78 is 0. The Morgan fingerprint density at radius 1 is 1.50 bits per heavy atom. The fraction of sp³-hybridized carbons (Fsp3) is 0.417. The molecule has 0 saturated heterocycles. The van der Waals surface area contributed by atoms with Crippen molar-refractivity contribution in [3.05, 3.63) is 33.9 Å². The van der Waals surface area contributed by atoms with E-state index in [1.807, 2.05) is 13.8 Å². The molecule has 0 aliphatic carbocycles. The van der Waals surface area contributed by atoms with Crippen molar-refractivity contribution >= 4 is 17.3 Å². The molecule has 0 unspecified atom stereocenters. The minimum absolute atomic E-state index is 0.0599. The zero-order chi connectivity index (χ0) is 13.7. The van der Waals surface area contributed by atoms with Gasteiger partial charge in [0, 0.05) is 12.6 Å². The fourth-order valence-electron chi connectivity index (χ4n) is 1.76. The maximum absolute atomic E-state index is 11.0. The van der Waals surface area contributed by atoms with Gasteiger partial charge in [-0.1, -0.05) is 13.0 Å². The predicted molar refractivity (Wildman–Crippen MR) is 68.0 cm³/mol. The molecule has 0 heterocycles. The average Bonchev–Trinajstić information content (AvgIpc) is 2.27. The van der Waals surface area contributed by atoms with Crippen LogP contribution in [0.4, 0.5) is 11.4 Å². The molecule has 0 bridgehead atoms. The van der Waals surface area contributed by atoms with Crippen LogP contribution in [-0.2, 0) is 4.79 Å². The van der Waals surface area contributed by atoms with Crippen LogP contribution in [0.25, 0.3) is 0 Å². The zero-order valence-electron chi connectivity index (χ0n) is 10.4. The van der Waals surface area contributed by atoms with Gasteiger partial charge in [-0.3, -0.25) is 14.9 Å². The first kappa shape index (κ1) is 14.0. The number of rotatable bonds is 6. The molecule has 0 saturated carbocycles. The van der Waals surface area contributed by atoms with Crippen LogP contribution in [0.3, 0.4) is 0 Å². The molecule has 0 aromatic heterocycles. The Kier molecular flexibility index (Phi) is 4.65. The number of benzene rings is 1. The number of nitrogens with zero attached hydrogens (tertiary/aromatic N) is 2. The molecule has 0 fully saturated rings. The highest BCUT2D eigenvalue weighted by Gasteiger charge is 2.20. The van der Waals surface area contributed by atoms with Gasteiger partial charge in [0.15, 0.2) is 0 Å². The van der Waals surface area contributed by atoms with Gasteiger partial charge in [-0.25, -0.2) is 0 Å². The van der Waals surface area contributed by atoms with Crippen molar-refractivity contribution in [2.24, 2.45) is 0 Å². The highest BCUT2D eigenvalue weighted by atomic mass is 16.6. The van der Waals surface area contributed by atoms with Crippen molar-refractivity contribution in [2.75, 3.05) is 18.0 Å². The van der Waals surface area contributed by atoms with Gasteiger partial charge in [0.05, 0.1) is 4.92 Å². The molecule has 1 aromatic rings. The van der Waals surface area contributed by atoms with E-state index in [0.717, 1.165) is 12.0 Å². The normalized spacial score (nSPS) is 10.1. The minimum atomic E-state index is -1.00. The third-order valence-corrected chi connectivity index (χ3v) is 2.49. The molecule has 0 radical (unpaired) electrons. The smallest absolute Gasteiger partial charge is 0.323 e. The molecule has 98 valence electrons. The van der Waals surface area contributed by atoms with Crippen molar-refractivity contribution in [1.29, 1.82) is 0 Å². The quantitative estimate of drug-likeness (QED) is 0.619. The number of carboxylic acids is 1. The van der Waals surface area contributed by atoms with Crippen LogP contribution in [-0.4, -0.2) is 29.1 Å². The topological polar surface area (TPSA) is 83.7 Å². The van der Waals surface area contributed by atoms with Gasteiger partial charge >= 0.3 is 5.97 Å². The number of nitro groups is 1. The second kappa shape index (κ2) is 6.00. The average molecular weight is 252 g/mol. The lowest BCUT2D eigenvalue weighted by Crippen LogP contribution is -2.31. The number of anilines is 1. The summed E-state index contributed by atoms with van der Waals surface area (Å²) in [5, 5.41) is 19.8. The molecule has 0 atom stereocenters. The number of nitro benzene ring substituents is 1. The van der Waals surface area contributed by atoms with E-state index in [4.69, 9.17) is 5.11 Å². The number of carboxylic acid groups (broad SMARTS) is 1. The lowest BCUT2D eigenvalue weighted by atomic mass is 10.1. The number of carbonyl (C=O) groups is 1. The molecule has 0 spiro atoms. The minimum Gasteiger partial charge on any atom is -0.480 e. The van der Waals surface area contributed by atoms with Crippen molar-refractivity contribution < 1.29 is 14.8 Å². The maximum atomic E-state index is 11.0. The van der Waals surface area contributed by atoms with Crippen LogP contribution in [0.15, 0.2) is 18.2 Å². The monoisotopic (exact) mass is 252 g/mol. The van der Waals surface area contributed by atoms with Crippen LogP contribution < -0.4 is 4.90 Å². The van der Waals surface area contributed by atoms with Crippen LogP contribution >= 0.6 is 0 Å². The fourth-order valence-corrected chi connectivity index (χ4v) is 1.76. The van der Waals surface area contributed by atoms with Crippen molar-refractivity contribution in [2.45, 2.75) is 20.3 Å². The molecule has 0 amide bonds. The molecule has 1 rings (SSSR count). The highest BCUT2D eigenvalue weighted by Crippen LogP contribution is 2.29. The van der Waals surface area contributed by atoms with E-state index >= 15 is 0 Å². The number of aliphatic carboxylic acids is 1. The second-order valence-electron chi connectivity index (χ2n) is 4.06. The third-order valence-electron chi connectivity index (χ3n) is 2.49. The van der Waals surface area contributed by atoms with E-state index in [-0.39, 0.29) is 12.2 Å². The summed E-state index contributed by atoms with van der Waals surface area (Å²) in [5.41, 5.74) is 1.17. The largest absolute Gasteiger partial charge is 0.480 e. The zero-order valence-corrected chi connectivity index (χ0v) is 10.4. The molecule has 1 aromatic carbocycles. The first-order valence-corrected chi connectivity index (χ1v) is 5.67. The lowest BCUT2D eigenvalue weighted by Gasteiger charge is -2.22. The molecular weight excluding hydrogens is 236 g/mol. The Morgan fingerprint density at radius 2 is 2.17 bits per heavy atom. The maximum Gasteiger partial charge on any atom is 0.323 e. The van der Waals surface area contributed by atoms with Gasteiger partial charge in [0.1, 0.15) is 12.2 Å². The summed E-state index contributed by atoms with van der Waals surface area (Å²) in [6.45, 7) is 3.95. The summed E-state index contributed by atoms with van der Waals surface area (Å²) in [7, 11) is 0. The highest BCUT2D eigenvalue weighted by molar-refractivity contribution is 5.76. The van der Waals surface area contributed by atoms with E-state index in [0.29, 0.717) is 12.2 Å². The molecular formula is C12H16N2O4. The van der Waals surface area contributed by atoms with E-state index in [9.17, 15) is 14.9 Å².